The topological polar surface area (TPSA) is 131 Å². The van der Waals surface area contributed by atoms with Gasteiger partial charge in [-0.05, 0) is 165 Å². The third-order valence-electron chi connectivity index (χ3n) is 20.2. The quantitative estimate of drug-likeness (QED) is 0.0563. The maximum atomic E-state index is 15.8. The SMILES string of the molecule is C=C=c1c2ccc3c4c(C(C)(/C=N\CN5CCN(CC(C)CCCC(C)(C)C)CC5)CN=C)cc5c(=C)n(C6CCCCC6)c(=O)c6ccc(c7c(-c8cnc(C9CCCN(C(=O)OC(C)(C)C)CC9)nc8)cc(c(=O)n1C1CCCCC1)c2c37)c4c56. The Morgan fingerprint density at radius 1 is 0.701 bits per heavy atom. The molecular formula is C74H93N9O4. The summed E-state index contributed by atoms with van der Waals surface area (Å²) in [6.45, 7) is 37.9. The lowest BCUT2D eigenvalue weighted by Crippen LogP contribution is -2.47. The Hall–Kier alpha value is -6.79. The maximum absolute atomic E-state index is 15.8. The van der Waals surface area contributed by atoms with Gasteiger partial charge in [-0.3, -0.25) is 29.0 Å². The Kier molecular flexibility index (Phi) is 16.9. The first-order chi connectivity index (χ1) is 41.8. The summed E-state index contributed by atoms with van der Waals surface area (Å²) >= 11 is 0. The van der Waals surface area contributed by atoms with Crippen LogP contribution in [0.25, 0.3) is 88.1 Å². The molecule has 0 bridgehead atoms. The van der Waals surface area contributed by atoms with Crippen LogP contribution >= 0.6 is 0 Å². The zero-order chi connectivity index (χ0) is 61.1. The van der Waals surface area contributed by atoms with E-state index in [1.807, 2.05) is 47.2 Å². The first kappa shape index (κ1) is 60.5. The monoisotopic (exact) mass is 1170 g/mol. The second kappa shape index (κ2) is 24.3. The number of hydrogen-bond acceptors (Lipinski definition) is 10. The molecule has 5 heterocycles. The summed E-state index contributed by atoms with van der Waals surface area (Å²) in [4.78, 5) is 71.8. The Balaban J connectivity index is 1.05. The number of fused-ring (bicyclic) bond motifs is 2. The zero-order valence-corrected chi connectivity index (χ0v) is 53.5. The molecule has 3 unspecified atom stereocenters. The van der Waals surface area contributed by atoms with Gasteiger partial charge in [0.2, 0.25) is 0 Å². The molecule has 13 heteroatoms. The van der Waals surface area contributed by atoms with Crippen LogP contribution in [0.5, 0.6) is 0 Å². The van der Waals surface area contributed by atoms with Gasteiger partial charge in [-0.1, -0.05) is 104 Å². The van der Waals surface area contributed by atoms with E-state index in [1.54, 1.807) is 0 Å². The minimum Gasteiger partial charge on any atom is -0.444 e. The molecule has 4 fully saturated rings. The molecule has 1 amide bonds. The number of pyridine rings is 2. The van der Waals surface area contributed by atoms with E-state index < -0.39 is 11.0 Å². The molecule has 13 nitrogen and oxygen atoms in total. The molecule has 87 heavy (non-hydrogen) atoms. The van der Waals surface area contributed by atoms with Crippen LogP contribution in [-0.2, 0) is 10.2 Å². The van der Waals surface area contributed by atoms with Gasteiger partial charge < -0.3 is 19.1 Å². The summed E-state index contributed by atoms with van der Waals surface area (Å²) in [5, 5.41) is 12.3. The molecule has 8 aromatic rings. The molecule has 3 atom stereocenters. The standard InChI is InChI=1S/C74H93N9O4/c1-12-61-53-27-28-55-65-60(74(10,44-75-11)45-76-46-80-37-35-79(36-38-80)43-47(2)21-19-32-72(4,5)6)40-57-48(3)82(51-23-15-13-16-24-51)69(84)56-30-29-54(67(65)64(56)57)63-58(39-59(62(53)66(55)63)70(85)83(61)52-25-17-14-18-26-52)50-41-77-68(78-42-50)49-22-20-33-81(34-31-49)71(86)87-73(7,8)9/h27-30,39-42,45,47,49,51-52H,1,3,11,13-26,31-38,43-44,46H2,2,4-10H3/b76-45-. The second-order valence-electron chi connectivity index (χ2n) is 29.1. The van der Waals surface area contributed by atoms with Crippen LogP contribution in [0, 0.1) is 11.3 Å². The second-order valence-corrected chi connectivity index (χ2v) is 29.1. The highest BCUT2D eigenvalue weighted by atomic mass is 16.6. The van der Waals surface area contributed by atoms with Gasteiger partial charge in [0, 0.05) is 131 Å². The Bertz CT molecular complexity index is 4180. The van der Waals surface area contributed by atoms with Crippen molar-refractivity contribution in [3.63, 3.8) is 0 Å². The van der Waals surface area contributed by atoms with Crippen LogP contribution in [0.2, 0.25) is 0 Å². The number of carbonyl (C=O) groups is 1. The zero-order valence-electron chi connectivity index (χ0n) is 53.5. The number of ether oxygens (including phenoxy) is 1. The predicted molar refractivity (Wildman–Crippen MR) is 361 cm³/mol. The molecule has 3 aromatic heterocycles. The third kappa shape index (κ3) is 11.7. The van der Waals surface area contributed by atoms with Crippen LogP contribution in [0.1, 0.15) is 188 Å². The maximum Gasteiger partial charge on any atom is 0.410 e. The molecular weight excluding hydrogens is 1080 g/mol. The first-order valence-corrected chi connectivity index (χ1v) is 33.0. The fourth-order valence-electron chi connectivity index (χ4n) is 15.9. The van der Waals surface area contributed by atoms with Crippen molar-refractivity contribution in [1.29, 1.82) is 0 Å². The number of nitrogens with zero attached hydrogens (tertiary/aromatic N) is 9. The normalized spacial score (nSPS) is 19.7. The summed E-state index contributed by atoms with van der Waals surface area (Å²) in [5.74, 6) is 1.45. The van der Waals surface area contributed by atoms with Gasteiger partial charge in [0.05, 0.1) is 18.6 Å². The number of rotatable bonds is 15. The minimum absolute atomic E-state index is 0.000955. The highest BCUT2D eigenvalue weighted by Crippen LogP contribution is 2.50. The van der Waals surface area contributed by atoms with Gasteiger partial charge in [0.1, 0.15) is 11.4 Å². The van der Waals surface area contributed by atoms with Crippen molar-refractivity contribution >= 4 is 96.0 Å². The Labute approximate surface area is 513 Å². The number of aliphatic imine (C=N–C) groups is 2. The summed E-state index contributed by atoms with van der Waals surface area (Å²) in [5.41, 5.74) is 4.99. The predicted octanol–water partition coefficient (Wildman–Crippen LogP) is 14.2. The number of hydrogen-bond donors (Lipinski definition) is 0. The molecule has 12 rings (SSSR count). The lowest BCUT2D eigenvalue weighted by atomic mass is 9.75. The summed E-state index contributed by atoms with van der Waals surface area (Å²) in [7, 11) is 0. The van der Waals surface area contributed by atoms with Gasteiger partial charge in [-0.2, -0.15) is 0 Å². The van der Waals surface area contributed by atoms with Crippen LogP contribution < -0.4 is 21.8 Å². The van der Waals surface area contributed by atoms with Crippen molar-refractivity contribution in [3.05, 3.63) is 98.2 Å². The fraction of sp³-hybridized carbons (Fsp3) is 0.541. The lowest BCUT2D eigenvalue weighted by Gasteiger charge is -2.35. The lowest BCUT2D eigenvalue weighted by molar-refractivity contribution is 0.0256. The molecule has 0 radical (unpaired) electrons. The molecule has 5 aromatic carbocycles. The van der Waals surface area contributed by atoms with Crippen molar-refractivity contribution in [3.8, 4) is 11.1 Å². The molecule has 2 saturated heterocycles. The van der Waals surface area contributed by atoms with E-state index in [0.29, 0.717) is 54.8 Å². The van der Waals surface area contributed by atoms with E-state index in [4.69, 9.17) is 31.3 Å². The average Bonchev–Trinajstić information content (AvgIpc) is 1.13. The highest BCUT2D eigenvalue weighted by Gasteiger charge is 2.35. The summed E-state index contributed by atoms with van der Waals surface area (Å²) in [6, 6.07) is 13.2. The van der Waals surface area contributed by atoms with Crippen LogP contribution in [0.4, 0.5) is 4.79 Å². The molecule has 2 aliphatic carbocycles. The van der Waals surface area contributed by atoms with Crippen LogP contribution in [0.3, 0.4) is 0 Å². The van der Waals surface area contributed by atoms with Crippen molar-refractivity contribution in [2.45, 2.75) is 187 Å². The van der Waals surface area contributed by atoms with E-state index >= 15 is 9.59 Å². The molecule has 2 aliphatic heterocycles. The van der Waals surface area contributed by atoms with Crippen molar-refractivity contribution in [1.82, 2.24) is 33.8 Å². The third-order valence-corrected chi connectivity index (χ3v) is 20.2. The van der Waals surface area contributed by atoms with E-state index in [9.17, 15) is 4.79 Å². The van der Waals surface area contributed by atoms with Gasteiger partial charge in [-0.15, -0.1) is 5.73 Å². The van der Waals surface area contributed by atoms with E-state index in [0.717, 1.165) is 190 Å². The van der Waals surface area contributed by atoms with Crippen molar-refractivity contribution in [2.75, 3.05) is 59.0 Å². The first-order valence-electron chi connectivity index (χ1n) is 33.0. The smallest absolute Gasteiger partial charge is 0.410 e. The Morgan fingerprint density at radius 3 is 1.97 bits per heavy atom. The molecule has 2 saturated carbocycles. The van der Waals surface area contributed by atoms with Gasteiger partial charge in [-0.25, -0.2) is 14.8 Å². The fourth-order valence-corrected chi connectivity index (χ4v) is 15.9. The molecule has 458 valence electrons. The van der Waals surface area contributed by atoms with Gasteiger partial charge in [0.25, 0.3) is 11.1 Å². The Morgan fingerprint density at radius 2 is 1.31 bits per heavy atom. The average molecular weight is 1170 g/mol. The molecule has 4 aliphatic rings. The number of piperazine rings is 1. The summed E-state index contributed by atoms with van der Waals surface area (Å²) < 4.78 is 9.80. The minimum atomic E-state index is -0.762. The van der Waals surface area contributed by atoms with Crippen LogP contribution in [-0.4, -0.2) is 117 Å². The van der Waals surface area contributed by atoms with Crippen molar-refractivity contribution < 1.29 is 9.53 Å². The summed E-state index contributed by atoms with van der Waals surface area (Å²) in [6.07, 6.45) is 22.2. The number of benzene rings is 5. The largest absolute Gasteiger partial charge is 0.444 e. The van der Waals surface area contributed by atoms with E-state index in [2.05, 4.69) is 106 Å². The van der Waals surface area contributed by atoms with E-state index in [-0.39, 0.29) is 35.2 Å². The van der Waals surface area contributed by atoms with Crippen LogP contribution in [0.15, 0.2) is 74.9 Å². The number of likely N-dealkylation sites (tertiary alicyclic amines) is 1. The number of amides is 1. The van der Waals surface area contributed by atoms with Gasteiger partial charge in [0.15, 0.2) is 0 Å². The highest BCUT2D eigenvalue weighted by molar-refractivity contribution is 6.42. The van der Waals surface area contributed by atoms with Gasteiger partial charge >= 0.3 is 6.09 Å². The molecule has 0 N–H and O–H groups in total. The number of aromatic nitrogens is 4. The van der Waals surface area contributed by atoms with E-state index in [1.165, 1.54) is 25.7 Å². The number of carbonyl (C=O) groups excluding carboxylic acids is 1. The van der Waals surface area contributed by atoms with Crippen molar-refractivity contribution in [2.24, 2.45) is 21.3 Å². The molecule has 0 spiro atoms.